The highest BCUT2D eigenvalue weighted by atomic mass is 16.3. The highest BCUT2D eigenvalue weighted by Gasteiger charge is 2.24. The van der Waals surface area contributed by atoms with E-state index < -0.39 is 0 Å². The second-order valence-electron chi connectivity index (χ2n) is 3.68. The van der Waals surface area contributed by atoms with E-state index in [-0.39, 0.29) is 0 Å². The van der Waals surface area contributed by atoms with Crippen LogP contribution in [0.3, 0.4) is 0 Å². The van der Waals surface area contributed by atoms with E-state index >= 15 is 0 Å². The van der Waals surface area contributed by atoms with Crippen molar-refractivity contribution in [1.29, 1.82) is 0 Å². The molecular formula is C9H17N2O+. The van der Waals surface area contributed by atoms with Gasteiger partial charge in [0.05, 0.1) is 5.92 Å². The molecule has 0 aliphatic heterocycles. The number of nitrogens with zero attached hydrogens (tertiary/aromatic N) is 1. The van der Waals surface area contributed by atoms with Gasteiger partial charge in [0.15, 0.2) is 6.26 Å². The third kappa shape index (κ3) is 1.44. The molecule has 2 N–H and O–H groups in total. The molecule has 68 valence electrons. The number of rotatable bonds is 2. The van der Waals surface area contributed by atoms with Crippen LogP contribution in [-0.2, 0) is 0 Å². The zero-order valence-corrected chi connectivity index (χ0v) is 8.16. The molecule has 3 heteroatoms. The molecule has 1 aromatic heterocycles. The molecule has 0 amide bonds. The Morgan fingerprint density at radius 2 is 1.83 bits per heavy atom. The summed E-state index contributed by atoms with van der Waals surface area (Å²) < 4.78 is 7.00. The highest BCUT2D eigenvalue weighted by molar-refractivity contribution is 4.94. The van der Waals surface area contributed by atoms with E-state index in [4.69, 9.17) is 10.3 Å². The molecule has 0 aliphatic carbocycles. The van der Waals surface area contributed by atoms with E-state index in [0.29, 0.717) is 11.8 Å². The Morgan fingerprint density at radius 1 is 1.25 bits per heavy atom. The van der Waals surface area contributed by atoms with Gasteiger partial charge in [-0.05, 0) is 18.5 Å². The van der Waals surface area contributed by atoms with Crippen molar-refractivity contribution in [3.05, 3.63) is 17.8 Å². The minimum atomic E-state index is 0.336. The molecule has 0 saturated heterocycles. The fraction of sp³-hybridized carbons (Fsp3) is 0.667. The molecule has 3 nitrogen and oxygen atoms in total. The van der Waals surface area contributed by atoms with Crippen molar-refractivity contribution >= 4 is 0 Å². The molecule has 0 aromatic carbocycles. The number of hydrogen-bond donors (Lipinski definition) is 1. The summed E-state index contributed by atoms with van der Waals surface area (Å²) in [5.74, 6) is 7.40. The van der Waals surface area contributed by atoms with Gasteiger partial charge in [-0.25, -0.2) is 5.84 Å². The molecule has 0 atom stereocenters. The topological polar surface area (TPSA) is 43.0 Å². The molecule has 0 aliphatic rings. The van der Waals surface area contributed by atoms with Gasteiger partial charge in [0, 0.05) is 5.92 Å². The lowest BCUT2D eigenvalue weighted by Gasteiger charge is -1.96. The van der Waals surface area contributed by atoms with Crippen molar-refractivity contribution in [3.8, 4) is 0 Å². The number of nitrogen functional groups attached to an aromatic ring is 1. The van der Waals surface area contributed by atoms with Crippen molar-refractivity contribution < 1.29 is 9.09 Å². The van der Waals surface area contributed by atoms with Crippen LogP contribution in [0.25, 0.3) is 0 Å². The van der Waals surface area contributed by atoms with Crippen LogP contribution in [0, 0.1) is 0 Å². The van der Waals surface area contributed by atoms with E-state index in [1.807, 2.05) is 0 Å². The van der Waals surface area contributed by atoms with E-state index in [1.165, 1.54) is 0 Å². The number of nitrogens with two attached hydrogens (primary N) is 1. The van der Waals surface area contributed by atoms with Crippen molar-refractivity contribution in [3.63, 3.8) is 0 Å². The van der Waals surface area contributed by atoms with Gasteiger partial charge in [-0.15, -0.1) is 0 Å². The first kappa shape index (κ1) is 9.10. The maximum Gasteiger partial charge on any atom is 0.378 e. The first-order valence-electron chi connectivity index (χ1n) is 4.32. The van der Waals surface area contributed by atoms with Gasteiger partial charge < -0.3 is 4.42 Å². The van der Waals surface area contributed by atoms with Gasteiger partial charge in [0.2, 0.25) is 0 Å². The van der Waals surface area contributed by atoms with E-state index in [9.17, 15) is 0 Å². The molecule has 0 bridgehead atoms. The monoisotopic (exact) mass is 169 g/mol. The number of aromatic nitrogens is 1. The minimum absolute atomic E-state index is 0.336. The van der Waals surface area contributed by atoms with Crippen LogP contribution in [0.5, 0.6) is 0 Å². The van der Waals surface area contributed by atoms with Crippen LogP contribution in [-0.4, -0.2) is 0 Å². The summed E-state index contributed by atoms with van der Waals surface area (Å²) in [6, 6.07) is 0. The predicted molar refractivity (Wildman–Crippen MR) is 47.2 cm³/mol. The zero-order chi connectivity index (χ0) is 9.30. The van der Waals surface area contributed by atoms with Gasteiger partial charge in [-0.3, -0.25) is 0 Å². The smallest absolute Gasteiger partial charge is 0.378 e. The van der Waals surface area contributed by atoms with Crippen LogP contribution in [0.4, 0.5) is 0 Å². The van der Waals surface area contributed by atoms with Crippen molar-refractivity contribution in [1.82, 2.24) is 0 Å². The largest absolute Gasteiger partial charge is 0.408 e. The Labute approximate surface area is 73.2 Å². The van der Waals surface area contributed by atoms with Gasteiger partial charge in [-0.1, -0.05) is 13.8 Å². The van der Waals surface area contributed by atoms with Crippen LogP contribution >= 0.6 is 0 Å². The van der Waals surface area contributed by atoms with Crippen LogP contribution < -0.4 is 10.5 Å². The Morgan fingerprint density at radius 3 is 2.08 bits per heavy atom. The summed E-state index contributed by atoms with van der Waals surface area (Å²) in [6.07, 6.45) is 1.74. The first-order valence-corrected chi connectivity index (χ1v) is 4.32. The lowest BCUT2D eigenvalue weighted by atomic mass is 10.1. The van der Waals surface area contributed by atoms with Crippen molar-refractivity contribution in [2.75, 3.05) is 5.84 Å². The molecule has 1 heterocycles. The average Bonchev–Trinajstić information content (AvgIpc) is 2.30. The average molecular weight is 169 g/mol. The van der Waals surface area contributed by atoms with Crippen molar-refractivity contribution in [2.24, 2.45) is 0 Å². The summed E-state index contributed by atoms with van der Waals surface area (Å²) in [5.41, 5.74) is 1.04. The predicted octanol–water partition coefficient (Wildman–Crippen LogP) is 1.53. The standard InChI is InChI=1S/C9H17N2O/c1-6(2)8-5-12-9(7(3)4)11(8)10/h5-7H,10H2,1-4H3/q+1. The van der Waals surface area contributed by atoms with Crippen molar-refractivity contribution in [2.45, 2.75) is 39.5 Å². The van der Waals surface area contributed by atoms with Crippen LogP contribution in [0.1, 0.15) is 51.1 Å². The Bertz CT molecular complexity index is 238. The maximum absolute atomic E-state index is 5.83. The summed E-state index contributed by atoms with van der Waals surface area (Å²) >= 11 is 0. The van der Waals surface area contributed by atoms with Crippen LogP contribution in [0.15, 0.2) is 10.7 Å². The quantitative estimate of drug-likeness (QED) is 0.539. The van der Waals surface area contributed by atoms with Gasteiger partial charge >= 0.3 is 5.89 Å². The SMILES string of the molecule is CC(C)c1coc(C(C)C)[n+]1N. The first-order chi connectivity index (χ1) is 5.54. The Balaban J connectivity index is 3.04. The molecule has 0 unspecified atom stereocenters. The number of oxazole rings is 1. The lowest BCUT2D eigenvalue weighted by molar-refractivity contribution is -0.660. The Hall–Kier alpha value is -0.990. The summed E-state index contributed by atoms with van der Waals surface area (Å²) in [4.78, 5) is 0. The second-order valence-corrected chi connectivity index (χ2v) is 3.68. The van der Waals surface area contributed by atoms with E-state index in [0.717, 1.165) is 11.6 Å². The summed E-state index contributed by atoms with van der Waals surface area (Å²) in [6.45, 7) is 8.31. The van der Waals surface area contributed by atoms with Gasteiger partial charge in [0.25, 0.3) is 5.69 Å². The lowest BCUT2D eigenvalue weighted by Crippen LogP contribution is -2.50. The number of hydrogen-bond acceptors (Lipinski definition) is 2. The zero-order valence-electron chi connectivity index (χ0n) is 8.16. The minimum Gasteiger partial charge on any atom is -0.408 e. The molecule has 1 rings (SSSR count). The molecule has 0 fully saturated rings. The molecule has 0 radical (unpaired) electrons. The fourth-order valence-corrected chi connectivity index (χ4v) is 1.19. The molecule has 0 spiro atoms. The third-order valence-corrected chi connectivity index (χ3v) is 1.90. The Kier molecular flexibility index (Phi) is 2.40. The van der Waals surface area contributed by atoms with Gasteiger partial charge in [-0.2, -0.15) is 0 Å². The summed E-state index contributed by atoms with van der Waals surface area (Å²) in [5, 5.41) is 0. The van der Waals surface area contributed by atoms with Gasteiger partial charge in [0.1, 0.15) is 0 Å². The maximum atomic E-state index is 5.83. The summed E-state index contributed by atoms with van der Waals surface area (Å²) in [7, 11) is 0. The molecular weight excluding hydrogens is 152 g/mol. The fourth-order valence-electron chi connectivity index (χ4n) is 1.19. The molecule has 1 aromatic rings. The van der Waals surface area contributed by atoms with Crippen LogP contribution in [0.2, 0.25) is 0 Å². The van der Waals surface area contributed by atoms with E-state index in [1.54, 1.807) is 10.9 Å². The second kappa shape index (κ2) is 3.17. The molecule has 0 saturated carbocycles. The van der Waals surface area contributed by atoms with E-state index in [2.05, 4.69) is 27.7 Å². The third-order valence-electron chi connectivity index (χ3n) is 1.90. The normalized spacial score (nSPS) is 11.5. The highest BCUT2D eigenvalue weighted by Crippen LogP contribution is 2.15. The molecule has 12 heavy (non-hydrogen) atoms.